The topological polar surface area (TPSA) is 66.4 Å². The fourth-order valence-electron chi connectivity index (χ4n) is 2.21. The highest BCUT2D eigenvalue weighted by Crippen LogP contribution is 2.23. The van der Waals surface area contributed by atoms with E-state index in [1.54, 1.807) is 12.1 Å². The number of rotatable bonds is 7. The molecule has 0 unspecified atom stereocenters. The summed E-state index contributed by atoms with van der Waals surface area (Å²) in [4.78, 5) is 23.8. The zero-order valence-corrected chi connectivity index (χ0v) is 14.7. The number of amides is 1. The smallest absolute Gasteiger partial charge is 0.303 e. The maximum atomic E-state index is 12.1. The minimum atomic E-state index is -0.809. The van der Waals surface area contributed by atoms with Crippen molar-refractivity contribution in [1.82, 2.24) is 0 Å². The molecule has 0 spiro atoms. The normalized spacial score (nSPS) is 10.4. The quantitative estimate of drug-likeness (QED) is 0.744. The average molecular weight is 343 g/mol. The molecule has 0 aliphatic heterocycles. The summed E-state index contributed by atoms with van der Waals surface area (Å²) in [6, 6.07) is 13.5. The number of benzene rings is 2. The number of carboxylic acid groups (broad SMARTS) is 1. The van der Waals surface area contributed by atoms with Crippen molar-refractivity contribution in [3.05, 3.63) is 59.2 Å². The predicted molar refractivity (Wildman–Crippen MR) is 97.7 cm³/mol. The van der Waals surface area contributed by atoms with Crippen molar-refractivity contribution in [2.45, 2.75) is 31.6 Å². The van der Waals surface area contributed by atoms with Gasteiger partial charge in [0.1, 0.15) is 0 Å². The van der Waals surface area contributed by atoms with Crippen LogP contribution in [0.1, 0.15) is 23.1 Å². The summed E-state index contributed by atoms with van der Waals surface area (Å²) >= 11 is 1.53. The Labute approximate surface area is 146 Å². The highest BCUT2D eigenvalue weighted by molar-refractivity contribution is 8.00. The third-order valence-electron chi connectivity index (χ3n) is 3.57. The molecule has 0 aliphatic carbocycles. The SMILES string of the molecule is Cc1ccc(C)c(SCC(=O)Nc2ccc(CCC(=O)O)cc2)c1. The van der Waals surface area contributed by atoms with Crippen molar-refractivity contribution in [2.24, 2.45) is 0 Å². The fraction of sp³-hybridized carbons (Fsp3) is 0.263. The maximum absolute atomic E-state index is 12.1. The first-order valence-electron chi connectivity index (χ1n) is 7.74. The van der Waals surface area contributed by atoms with Gasteiger partial charge in [-0.1, -0.05) is 29.8 Å². The molecule has 2 N–H and O–H groups in total. The molecule has 2 aromatic carbocycles. The molecule has 126 valence electrons. The van der Waals surface area contributed by atoms with Crippen LogP contribution in [0.25, 0.3) is 0 Å². The lowest BCUT2D eigenvalue weighted by Crippen LogP contribution is -2.14. The number of carboxylic acids is 1. The lowest BCUT2D eigenvalue weighted by atomic mass is 10.1. The van der Waals surface area contributed by atoms with Gasteiger partial charge in [0.15, 0.2) is 0 Å². The van der Waals surface area contributed by atoms with Gasteiger partial charge in [-0.05, 0) is 49.6 Å². The van der Waals surface area contributed by atoms with E-state index >= 15 is 0 Å². The van der Waals surface area contributed by atoms with Gasteiger partial charge in [0, 0.05) is 17.0 Å². The molecule has 2 rings (SSSR count). The number of hydrogen-bond acceptors (Lipinski definition) is 3. The molecule has 0 fully saturated rings. The third-order valence-corrected chi connectivity index (χ3v) is 4.73. The second kappa shape index (κ2) is 8.55. The fourth-order valence-corrected chi connectivity index (χ4v) is 3.13. The molecule has 0 saturated heterocycles. The van der Waals surface area contributed by atoms with Crippen LogP contribution in [-0.4, -0.2) is 22.7 Å². The van der Waals surface area contributed by atoms with Crippen LogP contribution >= 0.6 is 11.8 Å². The van der Waals surface area contributed by atoms with Gasteiger partial charge in [-0.25, -0.2) is 0 Å². The number of aryl methyl sites for hydroxylation is 3. The molecule has 0 atom stereocenters. The summed E-state index contributed by atoms with van der Waals surface area (Å²) in [6.45, 7) is 4.07. The maximum Gasteiger partial charge on any atom is 0.303 e. The third kappa shape index (κ3) is 5.74. The van der Waals surface area contributed by atoms with Crippen LogP contribution in [0.15, 0.2) is 47.4 Å². The number of carbonyl (C=O) groups excluding carboxylic acids is 1. The molecule has 24 heavy (non-hydrogen) atoms. The molecule has 0 aliphatic rings. The van der Waals surface area contributed by atoms with Crippen LogP contribution in [0, 0.1) is 13.8 Å². The molecular formula is C19H21NO3S. The zero-order valence-electron chi connectivity index (χ0n) is 13.8. The molecule has 1 amide bonds. The first-order valence-corrected chi connectivity index (χ1v) is 8.73. The summed E-state index contributed by atoms with van der Waals surface area (Å²) in [5.74, 6) is -0.513. The monoisotopic (exact) mass is 343 g/mol. The largest absolute Gasteiger partial charge is 0.481 e. The van der Waals surface area contributed by atoms with Gasteiger partial charge in [0.25, 0.3) is 0 Å². The molecule has 0 heterocycles. The number of anilines is 1. The summed E-state index contributed by atoms with van der Waals surface area (Å²) < 4.78 is 0. The molecule has 0 bridgehead atoms. The Morgan fingerprint density at radius 2 is 1.79 bits per heavy atom. The van der Waals surface area contributed by atoms with Gasteiger partial charge in [-0.15, -0.1) is 11.8 Å². The number of nitrogens with one attached hydrogen (secondary N) is 1. The summed E-state index contributed by atoms with van der Waals surface area (Å²) in [7, 11) is 0. The molecule has 2 aromatic rings. The molecule has 0 aromatic heterocycles. The number of thioether (sulfide) groups is 1. The summed E-state index contributed by atoms with van der Waals surface area (Å²) in [6.07, 6.45) is 0.601. The summed E-state index contributed by atoms with van der Waals surface area (Å²) in [5.41, 5.74) is 4.02. The molecule has 4 nitrogen and oxygen atoms in total. The van der Waals surface area contributed by atoms with E-state index in [1.807, 2.05) is 26.0 Å². The van der Waals surface area contributed by atoms with Gasteiger partial charge in [-0.3, -0.25) is 9.59 Å². The number of carbonyl (C=O) groups is 2. The van der Waals surface area contributed by atoms with E-state index in [4.69, 9.17) is 5.11 Å². The van der Waals surface area contributed by atoms with Crippen LogP contribution in [0.3, 0.4) is 0 Å². The van der Waals surface area contributed by atoms with Crippen LogP contribution in [0.2, 0.25) is 0 Å². The second-order valence-corrected chi connectivity index (χ2v) is 6.71. The van der Waals surface area contributed by atoms with E-state index in [1.165, 1.54) is 22.9 Å². The van der Waals surface area contributed by atoms with Gasteiger partial charge < -0.3 is 10.4 Å². The van der Waals surface area contributed by atoms with Crippen LogP contribution in [0.4, 0.5) is 5.69 Å². The van der Waals surface area contributed by atoms with Gasteiger partial charge >= 0.3 is 5.97 Å². The van der Waals surface area contributed by atoms with Gasteiger partial charge in [0.05, 0.1) is 5.75 Å². The van der Waals surface area contributed by atoms with Crippen LogP contribution in [-0.2, 0) is 16.0 Å². The first-order chi connectivity index (χ1) is 11.4. The standard InChI is InChI=1S/C19H21NO3S/c1-13-3-4-14(2)17(11-13)24-12-18(21)20-16-8-5-15(6-9-16)7-10-19(22)23/h3-6,8-9,11H,7,10,12H2,1-2H3,(H,20,21)(H,22,23). The van der Waals surface area contributed by atoms with Gasteiger partial charge in [0.2, 0.25) is 5.91 Å². The van der Waals surface area contributed by atoms with Crippen molar-refractivity contribution in [3.63, 3.8) is 0 Å². The first kappa shape index (κ1) is 18.1. The summed E-state index contributed by atoms with van der Waals surface area (Å²) in [5, 5.41) is 11.5. The predicted octanol–water partition coefficient (Wildman–Crippen LogP) is 4.05. The van der Waals surface area contributed by atoms with E-state index in [2.05, 4.69) is 23.5 Å². The molecule has 5 heteroatoms. The van der Waals surface area contributed by atoms with Crippen LogP contribution in [0.5, 0.6) is 0 Å². The Morgan fingerprint density at radius 1 is 1.08 bits per heavy atom. The van der Waals surface area contributed by atoms with Gasteiger partial charge in [-0.2, -0.15) is 0 Å². The Bertz CT molecular complexity index is 726. The Morgan fingerprint density at radius 3 is 2.46 bits per heavy atom. The van der Waals surface area contributed by atoms with Crippen molar-refractivity contribution >= 4 is 29.3 Å². The Hall–Kier alpha value is -2.27. The highest BCUT2D eigenvalue weighted by atomic mass is 32.2. The van der Waals surface area contributed by atoms with Crippen LogP contribution < -0.4 is 5.32 Å². The van der Waals surface area contributed by atoms with Crippen molar-refractivity contribution in [2.75, 3.05) is 11.1 Å². The van der Waals surface area contributed by atoms with Crippen molar-refractivity contribution < 1.29 is 14.7 Å². The molecular weight excluding hydrogens is 322 g/mol. The number of aliphatic carboxylic acids is 1. The van der Waals surface area contributed by atoms with Crippen molar-refractivity contribution in [3.8, 4) is 0 Å². The zero-order chi connectivity index (χ0) is 17.5. The number of hydrogen-bond donors (Lipinski definition) is 2. The van der Waals surface area contributed by atoms with E-state index in [0.29, 0.717) is 12.2 Å². The lowest BCUT2D eigenvalue weighted by molar-refractivity contribution is -0.137. The Kier molecular flexibility index (Phi) is 6.44. The van der Waals surface area contributed by atoms with E-state index in [-0.39, 0.29) is 12.3 Å². The second-order valence-electron chi connectivity index (χ2n) is 5.70. The van der Waals surface area contributed by atoms with E-state index < -0.39 is 5.97 Å². The van der Waals surface area contributed by atoms with E-state index in [9.17, 15) is 9.59 Å². The lowest BCUT2D eigenvalue weighted by Gasteiger charge is -2.08. The minimum Gasteiger partial charge on any atom is -0.481 e. The highest BCUT2D eigenvalue weighted by Gasteiger charge is 2.06. The minimum absolute atomic E-state index is 0.0563. The molecule has 0 saturated carbocycles. The average Bonchev–Trinajstić information content (AvgIpc) is 2.55. The molecule has 0 radical (unpaired) electrons. The van der Waals surface area contributed by atoms with E-state index in [0.717, 1.165) is 16.1 Å². The van der Waals surface area contributed by atoms with Crippen molar-refractivity contribution in [1.29, 1.82) is 0 Å². The Balaban J connectivity index is 1.85.